The average Bonchev–Trinajstić information content (AvgIpc) is 2.93. The molecule has 5 rings (SSSR count). The largest absolute Gasteiger partial charge is 0.495 e. The van der Waals surface area contributed by atoms with Gasteiger partial charge in [-0.05, 0) is 58.8 Å². The molecule has 2 nitrogen and oxygen atoms in total. The first-order chi connectivity index (χ1) is 17.3. The monoisotopic (exact) mass is 455 g/mol. The number of methoxy groups -OCH3 is 1. The fourth-order valence-electron chi connectivity index (χ4n) is 4.59. The molecule has 0 aliphatic rings. The van der Waals surface area contributed by atoms with Gasteiger partial charge in [0, 0.05) is 11.1 Å². The normalized spacial score (nSPS) is 11.4. The van der Waals surface area contributed by atoms with Crippen LogP contribution in [0.5, 0.6) is 5.75 Å². The van der Waals surface area contributed by atoms with Crippen molar-refractivity contribution in [3.05, 3.63) is 132 Å². The fourth-order valence-corrected chi connectivity index (χ4v) is 4.59. The molecule has 0 heterocycles. The van der Waals surface area contributed by atoms with E-state index in [1.54, 1.807) is 7.11 Å². The Morgan fingerprint density at radius 3 is 2.11 bits per heavy atom. The van der Waals surface area contributed by atoms with Crippen LogP contribution in [0.4, 0.5) is 17.1 Å². The molecule has 0 saturated heterocycles. The van der Waals surface area contributed by atoms with E-state index in [2.05, 4.69) is 127 Å². The third kappa shape index (κ3) is 4.69. The Hall–Kier alpha value is -4.30. The van der Waals surface area contributed by atoms with E-state index in [-0.39, 0.29) is 0 Å². The molecule has 0 aliphatic carbocycles. The number of para-hydroxylation sites is 2. The second-order valence-corrected chi connectivity index (χ2v) is 8.49. The van der Waals surface area contributed by atoms with Gasteiger partial charge in [0.25, 0.3) is 0 Å². The van der Waals surface area contributed by atoms with Gasteiger partial charge in [-0.2, -0.15) is 0 Å². The molecule has 0 aromatic heterocycles. The standard InChI is InChI=1S/C33H29NO/c1-3-26(27-12-5-4-6-13-27)24-25-20-22-29(23-21-25)34(32-17-9-10-19-33(32)35-2)31-18-11-15-28-14-7-8-16-30(28)31/h4-24H,3H2,1-2H3/b26-24-. The van der Waals surface area contributed by atoms with Crippen LogP contribution < -0.4 is 9.64 Å². The topological polar surface area (TPSA) is 12.5 Å². The van der Waals surface area contributed by atoms with Crippen LogP contribution in [0.1, 0.15) is 24.5 Å². The molecule has 0 unspecified atom stereocenters. The third-order valence-corrected chi connectivity index (χ3v) is 6.35. The number of ether oxygens (including phenoxy) is 1. The summed E-state index contributed by atoms with van der Waals surface area (Å²) >= 11 is 0. The Balaban J connectivity index is 1.62. The maximum Gasteiger partial charge on any atom is 0.142 e. The zero-order chi connectivity index (χ0) is 24.0. The minimum atomic E-state index is 0.835. The van der Waals surface area contributed by atoms with Crippen molar-refractivity contribution in [2.75, 3.05) is 12.0 Å². The van der Waals surface area contributed by atoms with E-state index in [0.29, 0.717) is 0 Å². The maximum absolute atomic E-state index is 5.77. The number of allylic oxidation sites excluding steroid dienone is 1. The number of anilines is 3. The lowest BCUT2D eigenvalue weighted by atomic mass is 10.0. The van der Waals surface area contributed by atoms with Gasteiger partial charge in [-0.15, -0.1) is 0 Å². The van der Waals surface area contributed by atoms with Gasteiger partial charge >= 0.3 is 0 Å². The van der Waals surface area contributed by atoms with Crippen LogP contribution >= 0.6 is 0 Å². The minimum Gasteiger partial charge on any atom is -0.495 e. The molecule has 0 radical (unpaired) electrons. The Morgan fingerprint density at radius 2 is 1.34 bits per heavy atom. The summed E-state index contributed by atoms with van der Waals surface area (Å²) in [6.07, 6.45) is 3.26. The van der Waals surface area contributed by atoms with Gasteiger partial charge < -0.3 is 9.64 Å². The van der Waals surface area contributed by atoms with Crippen molar-refractivity contribution >= 4 is 39.5 Å². The highest BCUT2D eigenvalue weighted by molar-refractivity contribution is 5.99. The molecule has 0 atom stereocenters. The first-order valence-corrected chi connectivity index (χ1v) is 12.1. The van der Waals surface area contributed by atoms with Crippen LogP contribution in [0.15, 0.2) is 121 Å². The molecule has 2 heteroatoms. The van der Waals surface area contributed by atoms with E-state index in [4.69, 9.17) is 4.74 Å². The Morgan fingerprint density at radius 1 is 0.686 bits per heavy atom. The van der Waals surface area contributed by atoms with Crippen molar-refractivity contribution in [3.63, 3.8) is 0 Å². The van der Waals surface area contributed by atoms with Gasteiger partial charge in [-0.1, -0.05) is 104 Å². The van der Waals surface area contributed by atoms with Crippen LogP contribution in [0.25, 0.3) is 22.4 Å². The number of hydrogen-bond donors (Lipinski definition) is 0. The first-order valence-electron chi connectivity index (χ1n) is 12.1. The van der Waals surface area contributed by atoms with Gasteiger partial charge in [0.2, 0.25) is 0 Å². The molecule has 0 aliphatic heterocycles. The molecule has 5 aromatic carbocycles. The molecule has 0 N–H and O–H groups in total. The van der Waals surface area contributed by atoms with Gasteiger partial charge in [-0.25, -0.2) is 0 Å². The lowest BCUT2D eigenvalue weighted by molar-refractivity contribution is 0.416. The Kier molecular flexibility index (Phi) is 6.63. The molecule has 0 saturated carbocycles. The molecular formula is C33H29NO. The highest BCUT2D eigenvalue weighted by Gasteiger charge is 2.18. The zero-order valence-electron chi connectivity index (χ0n) is 20.2. The van der Waals surface area contributed by atoms with E-state index >= 15 is 0 Å². The van der Waals surface area contributed by atoms with Gasteiger partial charge in [0.1, 0.15) is 5.75 Å². The summed E-state index contributed by atoms with van der Waals surface area (Å²) in [6, 6.07) is 42.5. The number of benzene rings is 5. The predicted molar refractivity (Wildman–Crippen MR) is 150 cm³/mol. The second kappa shape index (κ2) is 10.3. The van der Waals surface area contributed by atoms with Crippen molar-refractivity contribution in [3.8, 4) is 5.75 Å². The average molecular weight is 456 g/mol. The predicted octanol–water partition coefficient (Wildman–Crippen LogP) is 9.27. The van der Waals surface area contributed by atoms with E-state index in [9.17, 15) is 0 Å². The van der Waals surface area contributed by atoms with Crippen molar-refractivity contribution in [2.24, 2.45) is 0 Å². The van der Waals surface area contributed by atoms with Crippen molar-refractivity contribution in [1.82, 2.24) is 0 Å². The Labute approximate surface area is 207 Å². The summed E-state index contributed by atoms with van der Waals surface area (Å²) in [5.74, 6) is 0.835. The van der Waals surface area contributed by atoms with Gasteiger partial charge in [0.05, 0.1) is 18.5 Å². The summed E-state index contributed by atoms with van der Waals surface area (Å²) in [7, 11) is 1.73. The smallest absolute Gasteiger partial charge is 0.142 e. The maximum atomic E-state index is 5.77. The molecule has 0 fully saturated rings. The molecule has 172 valence electrons. The van der Waals surface area contributed by atoms with E-state index in [1.807, 2.05) is 12.1 Å². The second-order valence-electron chi connectivity index (χ2n) is 8.49. The molecule has 0 spiro atoms. The third-order valence-electron chi connectivity index (χ3n) is 6.35. The number of fused-ring (bicyclic) bond motifs is 1. The molecule has 0 amide bonds. The van der Waals surface area contributed by atoms with Crippen LogP contribution in [0.3, 0.4) is 0 Å². The van der Waals surface area contributed by atoms with Crippen molar-refractivity contribution in [1.29, 1.82) is 0 Å². The van der Waals surface area contributed by atoms with E-state index < -0.39 is 0 Å². The fraction of sp³-hybridized carbons (Fsp3) is 0.0909. The zero-order valence-corrected chi connectivity index (χ0v) is 20.2. The Bertz CT molecular complexity index is 1450. The van der Waals surface area contributed by atoms with Crippen molar-refractivity contribution < 1.29 is 4.74 Å². The van der Waals surface area contributed by atoms with Gasteiger partial charge in [-0.3, -0.25) is 0 Å². The minimum absolute atomic E-state index is 0.835. The van der Waals surface area contributed by atoms with E-state index in [0.717, 1.165) is 29.2 Å². The van der Waals surface area contributed by atoms with Crippen LogP contribution in [-0.4, -0.2) is 7.11 Å². The van der Waals surface area contributed by atoms with Crippen LogP contribution in [-0.2, 0) is 0 Å². The SMILES string of the molecule is CC/C(=C/c1ccc(N(c2ccccc2OC)c2cccc3ccccc23)cc1)c1ccccc1. The van der Waals surface area contributed by atoms with Crippen LogP contribution in [0, 0.1) is 0 Å². The quantitative estimate of drug-likeness (QED) is 0.227. The molecular weight excluding hydrogens is 426 g/mol. The number of hydrogen-bond acceptors (Lipinski definition) is 2. The van der Waals surface area contributed by atoms with Crippen molar-refractivity contribution in [2.45, 2.75) is 13.3 Å². The summed E-state index contributed by atoms with van der Waals surface area (Å²) in [5, 5.41) is 2.40. The first kappa shape index (κ1) is 22.5. The highest BCUT2D eigenvalue weighted by atomic mass is 16.5. The van der Waals surface area contributed by atoms with Crippen LogP contribution in [0.2, 0.25) is 0 Å². The van der Waals surface area contributed by atoms with Gasteiger partial charge in [0.15, 0.2) is 0 Å². The highest BCUT2D eigenvalue weighted by Crippen LogP contribution is 2.42. The molecule has 35 heavy (non-hydrogen) atoms. The molecule has 0 bridgehead atoms. The summed E-state index contributed by atoms with van der Waals surface area (Å²) in [4.78, 5) is 2.28. The molecule has 5 aromatic rings. The summed E-state index contributed by atoms with van der Waals surface area (Å²) in [5.41, 5.74) is 7.00. The van der Waals surface area contributed by atoms with E-state index in [1.165, 1.54) is 27.5 Å². The number of rotatable bonds is 7. The number of nitrogens with zero attached hydrogens (tertiary/aromatic N) is 1. The lowest BCUT2D eigenvalue weighted by Gasteiger charge is -2.28. The summed E-state index contributed by atoms with van der Waals surface area (Å²) in [6.45, 7) is 2.21. The lowest BCUT2D eigenvalue weighted by Crippen LogP contribution is -2.11. The summed E-state index contributed by atoms with van der Waals surface area (Å²) < 4.78 is 5.77.